The van der Waals surface area contributed by atoms with Gasteiger partial charge in [0.1, 0.15) is 12.7 Å². The number of allylic oxidation sites excluding steroid dienone is 8. The highest BCUT2D eigenvalue weighted by Gasteiger charge is 2.23. The lowest BCUT2D eigenvalue weighted by Gasteiger charge is -2.15. The molecule has 0 aliphatic carbocycles. The molecule has 1 amide bonds. The second-order valence-corrected chi connectivity index (χ2v) is 19.3. The van der Waals surface area contributed by atoms with Crippen molar-refractivity contribution in [3.8, 4) is 0 Å². The summed E-state index contributed by atoms with van der Waals surface area (Å²) in [6.45, 7) is 3.55. The minimum atomic E-state index is -4.43. The lowest BCUT2D eigenvalue weighted by molar-refractivity contribution is -0.147. The number of phosphoric acid groups is 1. The molecule has 0 saturated heterocycles. The van der Waals surface area contributed by atoms with Crippen LogP contribution in [0.4, 0.5) is 0 Å². The fraction of sp³-hybridized carbons (Fsp3) is 0.815. The average molecular weight is 922 g/mol. The van der Waals surface area contributed by atoms with E-state index in [0.29, 0.717) is 6.42 Å². The predicted molar refractivity (Wildman–Crippen MR) is 270 cm³/mol. The number of hydrogen-bond donors (Lipinski definition) is 3. The molecule has 0 heterocycles. The quantitative estimate of drug-likeness (QED) is 0.0238. The van der Waals surface area contributed by atoms with E-state index in [1.54, 1.807) is 0 Å². The number of hydrogen-bond acceptors (Lipinski definition) is 7. The average Bonchev–Trinajstić information content (AvgIpc) is 3.28. The molecule has 64 heavy (non-hydrogen) atoms. The van der Waals surface area contributed by atoms with Crippen molar-refractivity contribution in [2.24, 2.45) is 0 Å². The standard InChI is InChI=1S/C54H100NO8P/c1-3-5-7-9-11-13-15-17-19-21-23-25-26-27-29-31-33-35-37-39-41-43-45-47-54(58)61-50-52(56)51-63-64(59,60)62-49-48-55-53(57)46-44-42-40-38-36-34-32-30-28-24-22-20-18-16-14-12-10-8-6-4-2/h11,13,17,19,23,25,27,29,52,56H,3-10,12,14-16,18,20-22,24,26,28,30-51H2,1-2H3,(H,55,57)(H,59,60)/b13-11-,19-17-,25-23-,29-27-. The third-order valence-corrected chi connectivity index (χ3v) is 12.5. The fourth-order valence-electron chi connectivity index (χ4n) is 7.48. The molecule has 0 fully saturated rings. The molecule has 0 bridgehead atoms. The summed E-state index contributed by atoms with van der Waals surface area (Å²) in [5.41, 5.74) is 0. The van der Waals surface area contributed by atoms with Gasteiger partial charge < -0.3 is 20.1 Å². The molecule has 0 aliphatic rings. The van der Waals surface area contributed by atoms with Crippen LogP contribution in [0.3, 0.4) is 0 Å². The first-order valence-corrected chi connectivity index (χ1v) is 28.1. The zero-order chi connectivity index (χ0) is 46.7. The number of carbonyl (C=O) groups is 2. The number of esters is 1. The molecule has 0 rings (SSSR count). The molecule has 0 aromatic rings. The third kappa shape index (κ3) is 51.0. The van der Waals surface area contributed by atoms with Crippen molar-refractivity contribution in [2.45, 2.75) is 258 Å². The van der Waals surface area contributed by atoms with Crippen molar-refractivity contribution in [1.82, 2.24) is 5.32 Å². The van der Waals surface area contributed by atoms with Crippen molar-refractivity contribution >= 4 is 19.7 Å². The van der Waals surface area contributed by atoms with Crippen LogP contribution in [-0.2, 0) is 27.9 Å². The van der Waals surface area contributed by atoms with Crippen LogP contribution in [0.1, 0.15) is 251 Å². The van der Waals surface area contributed by atoms with Crippen LogP contribution in [0.15, 0.2) is 48.6 Å². The van der Waals surface area contributed by atoms with Gasteiger partial charge in [-0.3, -0.25) is 18.6 Å². The van der Waals surface area contributed by atoms with Crippen molar-refractivity contribution in [2.75, 3.05) is 26.4 Å². The lowest BCUT2D eigenvalue weighted by atomic mass is 10.0. The molecule has 374 valence electrons. The van der Waals surface area contributed by atoms with Crippen molar-refractivity contribution in [3.63, 3.8) is 0 Å². The summed E-state index contributed by atoms with van der Waals surface area (Å²) >= 11 is 0. The Kier molecular flexibility index (Phi) is 48.8. The van der Waals surface area contributed by atoms with Crippen molar-refractivity contribution in [3.05, 3.63) is 48.6 Å². The van der Waals surface area contributed by atoms with E-state index >= 15 is 0 Å². The molecule has 2 atom stereocenters. The van der Waals surface area contributed by atoms with E-state index in [2.05, 4.69) is 67.8 Å². The molecular formula is C54H100NO8P. The van der Waals surface area contributed by atoms with Gasteiger partial charge in [-0.1, -0.05) is 229 Å². The van der Waals surface area contributed by atoms with E-state index in [1.165, 1.54) is 154 Å². The Morgan fingerprint density at radius 2 is 0.844 bits per heavy atom. The van der Waals surface area contributed by atoms with Crippen molar-refractivity contribution < 1.29 is 37.9 Å². The third-order valence-electron chi connectivity index (χ3n) is 11.5. The number of aliphatic hydroxyl groups excluding tert-OH is 1. The van der Waals surface area contributed by atoms with E-state index < -0.39 is 26.5 Å². The Hall–Kier alpha value is -2.03. The minimum Gasteiger partial charge on any atom is -0.463 e. The van der Waals surface area contributed by atoms with E-state index in [-0.39, 0.29) is 32.1 Å². The molecule has 0 spiro atoms. The van der Waals surface area contributed by atoms with Crippen LogP contribution in [0.25, 0.3) is 0 Å². The summed E-state index contributed by atoms with van der Waals surface area (Å²) in [5, 5.41) is 12.8. The van der Waals surface area contributed by atoms with Gasteiger partial charge in [-0.15, -0.1) is 0 Å². The zero-order valence-corrected chi connectivity index (χ0v) is 42.4. The van der Waals surface area contributed by atoms with Crippen molar-refractivity contribution in [1.29, 1.82) is 0 Å². The van der Waals surface area contributed by atoms with Gasteiger partial charge in [0.2, 0.25) is 5.91 Å². The summed E-state index contributed by atoms with van der Waals surface area (Å²) in [6, 6.07) is 0. The zero-order valence-electron chi connectivity index (χ0n) is 41.5. The summed E-state index contributed by atoms with van der Waals surface area (Å²) in [4.78, 5) is 34.1. The SMILES string of the molecule is CCCCC/C=C\C/C=C\C/C=C\C/C=C\CCCCCCCCCC(=O)OCC(O)COP(=O)(O)OCCNC(=O)CCCCCCCCCCCCCCCCCCCCCC. The number of unbranched alkanes of at least 4 members (excludes halogenated alkanes) is 29. The Labute approximate surface area is 394 Å². The normalized spacial score (nSPS) is 13.5. The van der Waals surface area contributed by atoms with E-state index in [9.17, 15) is 24.2 Å². The van der Waals surface area contributed by atoms with Gasteiger partial charge in [-0.25, -0.2) is 4.57 Å². The van der Waals surface area contributed by atoms with Gasteiger partial charge in [0.25, 0.3) is 0 Å². The maximum atomic E-state index is 12.2. The lowest BCUT2D eigenvalue weighted by Crippen LogP contribution is -2.27. The van der Waals surface area contributed by atoms with Crippen LogP contribution < -0.4 is 5.32 Å². The monoisotopic (exact) mass is 922 g/mol. The molecule has 0 aromatic carbocycles. The van der Waals surface area contributed by atoms with Crippen LogP contribution in [0, 0.1) is 0 Å². The van der Waals surface area contributed by atoms with E-state index in [0.717, 1.165) is 70.6 Å². The maximum absolute atomic E-state index is 12.2. The molecule has 0 aliphatic heterocycles. The summed E-state index contributed by atoms with van der Waals surface area (Å²) < 4.78 is 27.0. The molecule has 0 radical (unpaired) electrons. The highest BCUT2D eigenvalue weighted by atomic mass is 31.2. The van der Waals surface area contributed by atoms with E-state index in [1.807, 2.05) is 0 Å². The first kappa shape index (κ1) is 62.0. The smallest absolute Gasteiger partial charge is 0.463 e. The highest BCUT2D eigenvalue weighted by molar-refractivity contribution is 7.47. The maximum Gasteiger partial charge on any atom is 0.472 e. The molecule has 3 N–H and O–H groups in total. The van der Waals surface area contributed by atoms with Crippen LogP contribution in [0.2, 0.25) is 0 Å². The molecular weight excluding hydrogens is 822 g/mol. The number of aliphatic hydroxyl groups is 1. The van der Waals surface area contributed by atoms with Crippen LogP contribution in [0.5, 0.6) is 0 Å². The van der Waals surface area contributed by atoms with Gasteiger partial charge in [-0.2, -0.15) is 0 Å². The molecule has 0 saturated carbocycles. The summed E-state index contributed by atoms with van der Waals surface area (Å²) in [6.07, 6.45) is 60.5. The second-order valence-electron chi connectivity index (χ2n) is 17.9. The first-order chi connectivity index (χ1) is 31.3. The number of carbonyl (C=O) groups excluding carboxylic acids is 2. The summed E-state index contributed by atoms with van der Waals surface area (Å²) in [5.74, 6) is -0.519. The topological polar surface area (TPSA) is 131 Å². The predicted octanol–water partition coefficient (Wildman–Crippen LogP) is 15.8. The first-order valence-electron chi connectivity index (χ1n) is 26.6. The summed E-state index contributed by atoms with van der Waals surface area (Å²) in [7, 11) is -4.43. The Balaban J connectivity index is 3.57. The number of nitrogens with one attached hydrogen (secondary N) is 1. The van der Waals surface area contributed by atoms with Crippen LogP contribution in [-0.4, -0.2) is 54.3 Å². The Morgan fingerprint density at radius 3 is 1.30 bits per heavy atom. The van der Waals surface area contributed by atoms with Gasteiger partial charge in [0.15, 0.2) is 0 Å². The number of phosphoric ester groups is 1. The fourth-order valence-corrected chi connectivity index (χ4v) is 8.24. The number of ether oxygens (including phenoxy) is 1. The molecule has 2 unspecified atom stereocenters. The van der Waals surface area contributed by atoms with Crippen LogP contribution >= 0.6 is 7.82 Å². The Bertz CT molecular complexity index is 1190. The molecule has 10 heteroatoms. The number of rotatable bonds is 50. The highest BCUT2D eigenvalue weighted by Crippen LogP contribution is 2.42. The van der Waals surface area contributed by atoms with Gasteiger partial charge >= 0.3 is 13.8 Å². The second kappa shape index (κ2) is 50.4. The van der Waals surface area contributed by atoms with E-state index in [4.69, 9.17) is 13.8 Å². The largest absolute Gasteiger partial charge is 0.472 e. The van der Waals surface area contributed by atoms with Gasteiger partial charge in [0.05, 0.1) is 13.2 Å². The number of amides is 1. The van der Waals surface area contributed by atoms with Gasteiger partial charge in [0, 0.05) is 19.4 Å². The van der Waals surface area contributed by atoms with Gasteiger partial charge in [-0.05, 0) is 57.8 Å². The molecule has 9 nitrogen and oxygen atoms in total. The Morgan fingerprint density at radius 1 is 0.484 bits per heavy atom. The minimum absolute atomic E-state index is 0.0822. The molecule has 0 aromatic heterocycles.